The number of piperidine rings is 1. The van der Waals surface area contributed by atoms with Crippen molar-refractivity contribution < 1.29 is 4.39 Å². The first-order valence-corrected chi connectivity index (χ1v) is 11.8. The Morgan fingerprint density at radius 1 is 1.12 bits per heavy atom. The van der Waals surface area contributed by atoms with Crippen LogP contribution in [0.3, 0.4) is 0 Å². The topological polar surface area (TPSA) is 66.0 Å². The Morgan fingerprint density at radius 3 is 2.66 bits per heavy atom. The molecule has 1 fully saturated rings. The van der Waals surface area contributed by atoms with E-state index in [2.05, 4.69) is 39.3 Å². The molecule has 1 aromatic carbocycles. The number of pyridine rings is 1. The van der Waals surface area contributed by atoms with Crippen molar-refractivity contribution in [3.63, 3.8) is 0 Å². The first-order valence-electron chi connectivity index (χ1n) is 11.8. The summed E-state index contributed by atoms with van der Waals surface area (Å²) in [5, 5.41) is 6.94. The van der Waals surface area contributed by atoms with Gasteiger partial charge >= 0.3 is 0 Å². The number of halogens is 1. The van der Waals surface area contributed by atoms with E-state index in [1.54, 1.807) is 18.5 Å². The number of fused-ring (bicyclic) bond motifs is 1. The van der Waals surface area contributed by atoms with E-state index < -0.39 is 0 Å². The van der Waals surface area contributed by atoms with Gasteiger partial charge in [0.1, 0.15) is 11.3 Å². The van der Waals surface area contributed by atoms with Gasteiger partial charge in [-0.15, -0.1) is 0 Å². The van der Waals surface area contributed by atoms with Crippen LogP contribution in [0.25, 0.3) is 22.3 Å². The minimum atomic E-state index is -0.215. The van der Waals surface area contributed by atoms with E-state index in [0.29, 0.717) is 23.1 Å². The summed E-state index contributed by atoms with van der Waals surface area (Å²) >= 11 is 0. The van der Waals surface area contributed by atoms with E-state index in [9.17, 15) is 0 Å². The molecule has 6 nitrogen and oxygen atoms in total. The summed E-state index contributed by atoms with van der Waals surface area (Å²) in [6.45, 7) is 8.85. The van der Waals surface area contributed by atoms with Gasteiger partial charge in [0.15, 0.2) is 5.82 Å². The van der Waals surface area contributed by atoms with Crippen LogP contribution in [0.4, 0.5) is 15.9 Å². The van der Waals surface area contributed by atoms with Gasteiger partial charge in [0.05, 0.1) is 16.9 Å². The maximum atomic E-state index is 15.1. The number of hydrogen-bond donors (Lipinski definition) is 2. The van der Waals surface area contributed by atoms with Crippen LogP contribution in [-0.2, 0) is 0 Å². The molecular weight excluding hydrogens is 403 g/mol. The summed E-state index contributed by atoms with van der Waals surface area (Å²) in [7, 11) is 0. The van der Waals surface area contributed by atoms with Gasteiger partial charge in [0.25, 0.3) is 0 Å². The highest BCUT2D eigenvalue weighted by atomic mass is 19.1. The second-order valence-electron chi connectivity index (χ2n) is 8.53. The lowest BCUT2D eigenvalue weighted by Gasteiger charge is -2.24. The monoisotopic (exact) mass is 436 g/mol. The largest absolute Gasteiger partial charge is 0.369 e. The van der Waals surface area contributed by atoms with Crippen molar-refractivity contribution >= 4 is 22.5 Å². The SMILES string of the molecule is CCCN(CCC)c1ccc(-c2cc3nccnc3c(NC[C@@H]3CCCNC3)n2)cc1F. The third-order valence-electron chi connectivity index (χ3n) is 5.98. The molecule has 2 aromatic heterocycles. The lowest BCUT2D eigenvalue weighted by molar-refractivity contribution is 0.392. The van der Waals surface area contributed by atoms with Gasteiger partial charge in [-0.25, -0.2) is 14.4 Å². The molecule has 0 amide bonds. The fourth-order valence-electron chi connectivity index (χ4n) is 4.40. The third kappa shape index (κ3) is 5.15. The lowest BCUT2D eigenvalue weighted by atomic mass is 10.00. The quantitative estimate of drug-likeness (QED) is 0.499. The van der Waals surface area contributed by atoms with Crippen LogP contribution >= 0.6 is 0 Å². The average molecular weight is 437 g/mol. The van der Waals surface area contributed by atoms with Gasteiger partial charge in [0.2, 0.25) is 0 Å². The van der Waals surface area contributed by atoms with Gasteiger partial charge < -0.3 is 15.5 Å². The highest BCUT2D eigenvalue weighted by molar-refractivity contribution is 5.88. The standard InChI is InChI=1S/C25H33FN6/c1-3-12-32(13-4-2)23-8-7-19(14-20(23)26)21-15-22-24(29-11-10-28-22)25(31-21)30-17-18-6-5-9-27-16-18/h7-8,10-11,14-15,18,27H,3-6,9,12-13,16-17H2,1-2H3,(H,30,31)/t18-/m1/s1. The Kier molecular flexibility index (Phi) is 7.47. The molecule has 170 valence electrons. The second kappa shape index (κ2) is 10.7. The number of rotatable bonds is 9. The van der Waals surface area contributed by atoms with Crippen molar-refractivity contribution in [2.24, 2.45) is 5.92 Å². The summed E-state index contributed by atoms with van der Waals surface area (Å²) in [5.74, 6) is 1.05. The van der Waals surface area contributed by atoms with Crippen LogP contribution in [0.15, 0.2) is 36.7 Å². The lowest BCUT2D eigenvalue weighted by Crippen LogP contribution is -2.33. The average Bonchev–Trinajstić information content (AvgIpc) is 2.83. The maximum absolute atomic E-state index is 15.1. The van der Waals surface area contributed by atoms with Crippen LogP contribution in [0, 0.1) is 11.7 Å². The van der Waals surface area contributed by atoms with E-state index in [4.69, 9.17) is 4.98 Å². The van der Waals surface area contributed by atoms with Gasteiger partial charge in [-0.1, -0.05) is 19.9 Å². The minimum Gasteiger partial charge on any atom is -0.369 e. The molecule has 3 heterocycles. The molecule has 7 heteroatoms. The molecule has 1 aliphatic rings. The van der Waals surface area contributed by atoms with Gasteiger partial charge in [-0.2, -0.15) is 0 Å². The van der Waals surface area contributed by atoms with E-state index >= 15 is 4.39 Å². The molecular formula is C25H33FN6. The van der Waals surface area contributed by atoms with Crippen LogP contribution in [0.5, 0.6) is 0 Å². The smallest absolute Gasteiger partial charge is 0.154 e. The summed E-state index contributed by atoms with van der Waals surface area (Å²) < 4.78 is 15.1. The number of benzene rings is 1. The number of nitrogens with zero attached hydrogens (tertiary/aromatic N) is 4. The van der Waals surface area contributed by atoms with Crippen molar-refractivity contribution in [3.8, 4) is 11.3 Å². The van der Waals surface area contributed by atoms with E-state index in [0.717, 1.165) is 62.2 Å². The van der Waals surface area contributed by atoms with Crippen LogP contribution in [-0.4, -0.2) is 47.7 Å². The predicted molar refractivity (Wildman–Crippen MR) is 130 cm³/mol. The summed E-state index contributed by atoms with van der Waals surface area (Å²) in [5.41, 5.74) is 3.60. The predicted octanol–water partition coefficient (Wildman–Crippen LogP) is 4.87. The fourth-order valence-corrected chi connectivity index (χ4v) is 4.40. The first-order chi connectivity index (χ1) is 15.7. The fraction of sp³-hybridized carbons (Fsp3) is 0.480. The molecule has 0 radical (unpaired) electrons. The molecule has 0 bridgehead atoms. The number of anilines is 2. The molecule has 0 aliphatic carbocycles. The molecule has 0 saturated carbocycles. The Labute approximate surface area is 189 Å². The molecule has 1 atom stereocenters. The molecule has 3 aromatic rings. The van der Waals surface area contributed by atoms with Crippen LogP contribution in [0.1, 0.15) is 39.5 Å². The van der Waals surface area contributed by atoms with Gasteiger partial charge in [-0.05, 0) is 62.9 Å². The molecule has 32 heavy (non-hydrogen) atoms. The van der Waals surface area contributed by atoms with E-state index in [1.807, 2.05) is 18.2 Å². The number of aromatic nitrogens is 3. The molecule has 0 spiro atoms. The maximum Gasteiger partial charge on any atom is 0.154 e. The third-order valence-corrected chi connectivity index (χ3v) is 5.98. The van der Waals surface area contributed by atoms with E-state index in [1.165, 1.54) is 12.8 Å². The van der Waals surface area contributed by atoms with Crippen molar-refractivity contribution in [3.05, 3.63) is 42.5 Å². The van der Waals surface area contributed by atoms with Crippen molar-refractivity contribution in [1.29, 1.82) is 0 Å². The summed E-state index contributed by atoms with van der Waals surface area (Å²) in [6.07, 6.45) is 7.72. The normalized spacial score (nSPS) is 16.3. The van der Waals surface area contributed by atoms with Crippen molar-refractivity contribution in [2.75, 3.05) is 42.9 Å². The molecule has 2 N–H and O–H groups in total. The molecule has 1 saturated heterocycles. The highest BCUT2D eigenvalue weighted by Gasteiger charge is 2.17. The molecule has 0 unspecified atom stereocenters. The highest BCUT2D eigenvalue weighted by Crippen LogP contribution is 2.29. The molecule has 1 aliphatic heterocycles. The number of hydrogen-bond acceptors (Lipinski definition) is 6. The van der Waals surface area contributed by atoms with E-state index in [-0.39, 0.29) is 5.82 Å². The molecule has 4 rings (SSSR count). The zero-order chi connectivity index (χ0) is 22.3. The summed E-state index contributed by atoms with van der Waals surface area (Å²) in [6, 6.07) is 7.31. The zero-order valence-corrected chi connectivity index (χ0v) is 19.1. The Morgan fingerprint density at radius 2 is 1.94 bits per heavy atom. The number of nitrogens with one attached hydrogen (secondary N) is 2. The van der Waals surface area contributed by atoms with Crippen molar-refractivity contribution in [2.45, 2.75) is 39.5 Å². The van der Waals surface area contributed by atoms with Crippen LogP contribution in [0.2, 0.25) is 0 Å². The Balaban J connectivity index is 1.64. The minimum absolute atomic E-state index is 0.215. The Hall–Kier alpha value is -2.80. The first kappa shape index (κ1) is 22.4. The van der Waals surface area contributed by atoms with Gasteiger partial charge in [-0.3, -0.25) is 4.98 Å². The van der Waals surface area contributed by atoms with Crippen molar-refractivity contribution in [1.82, 2.24) is 20.3 Å². The summed E-state index contributed by atoms with van der Waals surface area (Å²) in [4.78, 5) is 15.9. The second-order valence-corrected chi connectivity index (χ2v) is 8.53. The van der Waals surface area contributed by atoms with Crippen LogP contribution < -0.4 is 15.5 Å². The zero-order valence-electron chi connectivity index (χ0n) is 19.1. The Bertz CT molecular complexity index is 1030. The van der Waals surface area contributed by atoms with Gasteiger partial charge in [0, 0.05) is 37.6 Å².